The average Bonchev–Trinajstić information content (AvgIpc) is 2.78. The Balaban J connectivity index is 1.71. The molecule has 5 heteroatoms. The van der Waals surface area contributed by atoms with Gasteiger partial charge in [-0.05, 0) is 49.9 Å². The van der Waals surface area contributed by atoms with Gasteiger partial charge in [-0.3, -0.25) is 9.89 Å². The van der Waals surface area contributed by atoms with Crippen LogP contribution in [0.25, 0.3) is 0 Å². The molecule has 2 rings (SSSR count). The molecule has 2 aromatic rings. The predicted octanol–water partition coefficient (Wildman–Crippen LogP) is 2.97. The second-order valence-electron chi connectivity index (χ2n) is 5.14. The fourth-order valence-corrected chi connectivity index (χ4v) is 2.39. The number of amides is 1. The number of aromatic nitrogens is 2. The van der Waals surface area contributed by atoms with Gasteiger partial charge in [-0.25, -0.2) is 0 Å². The molecule has 0 atom stereocenters. The highest BCUT2D eigenvalue weighted by atomic mass is 35.5. The van der Waals surface area contributed by atoms with Gasteiger partial charge in [-0.1, -0.05) is 23.7 Å². The van der Waals surface area contributed by atoms with Crippen molar-refractivity contribution >= 4 is 17.5 Å². The fourth-order valence-electron chi connectivity index (χ4n) is 2.27. The molecule has 0 saturated heterocycles. The number of benzene rings is 1. The lowest BCUT2D eigenvalue weighted by Gasteiger charge is -2.06. The lowest BCUT2D eigenvalue weighted by molar-refractivity contribution is -0.121. The summed E-state index contributed by atoms with van der Waals surface area (Å²) in [6, 6.07) is 7.69. The van der Waals surface area contributed by atoms with Crippen LogP contribution in [0.15, 0.2) is 24.3 Å². The summed E-state index contributed by atoms with van der Waals surface area (Å²) >= 11 is 5.83. The number of H-pyrrole nitrogens is 1. The third-order valence-electron chi connectivity index (χ3n) is 3.53. The van der Waals surface area contributed by atoms with Crippen molar-refractivity contribution in [2.45, 2.75) is 33.1 Å². The highest BCUT2D eigenvalue weighted by Crippen LogP contribution is 2.12. The minimum atomic E-state index is 0.0731. The number of hydrogen-bond acceptors (Lipinski definition) is 2. The zero-order valence-electron chi connectivity index (χ0n) is 12.4. The lowest BCUT2D eigenvalue weighted by atomic mass is 10.1. The van der Waals surface area contributed by atoms with Crippen molar-refractivity contribution in [3.63, 3.8) is 0 Å². The van der Waals surface area contributed by atoms with E-state index in [1.54, 1.807) is 0 Å². The largest absolute Gasteiger partial charge is 0.356 e. The molecule has 4 nitrogen and oxygen atoms in total. The maximum Gasteiger partial charge on any atom is 0.220 e. The minimum Gasteiger partial charge on any atom is -0.356 e. The average molecular weight is 306 g/mol. The highest BCUT2D eigenvalue weighted by molar-refractivity contribution is 6.30. The molecule has 1 heterocycles. The van der Waals surface area contributed by atoms with Crippen LogP contribution in [-0.2, 0) is 17.6 Å². The first-order valence-corrected chi connectivity index (χ1v) is 7.45. The number of aryl methyl sites for hydroxylation is 2. The van der Waals surface area contributed by atoms with Crippen molar-refractivity contribution in [1.29, 1.82) is 0 Å². The molecule has 1 aromatic carbocycles. The van der Waals surface area contributed by atoms with Crippen molar-refractivity contribution in [2.75, 3.05) is 6.54 Å². The molecule has 0 aliphatic heterocycles. The Labute approximate surface area is 129 Å². The Hall–Kier alpha value is -1.81. The molecular formula is C16H20ClN3O. The number of hydrogen-bond donors (Lipinski definition) is 2. The Bertz CT molecular complexity index is 585. The summed E-state index contributed by atoms with van der Waals surface area (Å²) in [4.78, 5) is 11.8. The molecule has 1 aromatic heterocycles. The molecule has 1 amide bonds. The molecule has 0 aliphatic rings. The van der Waals surface area contributed by atoms with Crippen LogP contribution in [0, 0.1) is 13.8 Å². The third kappa shape index (κ3) is 4.60. The van der Waals surface area contributed by atoms with E-state index in [0.717, 1.165) is 34.8 Å². The molecule has 0 spiro atoms. The quantitative estimate of drug-likeness (QED) is 0.862. The van der Waals surface area contributed by atoms with E-state index < -0.39 is 0 Å². The number of halogens is 1. The number of aromatic amines is 1. The van der Waals surface area contributed by atoms with Gasteiger partial charge >= 0.3 is 0 Å². The summed E-state index contributed by atoms with van der Waals surface area (Å²) in [6.07, 6.45) is 2.02. The number of carbonyl (C=O) groups is 1. The zero-order valence-corrected chi connectivity index (χ0v) is 13.1. The van der Waals surface area contributed by atoms with Crippen LogP contribution >= 0.6 is 11.6 Å². The van der Waals surface area contributed by atoms with Crippen LogP contribution in [0.2, 0.25) is 5.02 Å². The summed E-state index contributed by atoms with van der Waals surface area (Å²) in [5, 5.41) is 10.7. The van der Waals surface area contributed by atoms with Crippen LogP contribution in [0.5, 0.6) is 0 Å². The van der Waals surface area contributed by atoms with Crippen molar-refractivity contribution in [3.05, 3.63) is 51.8 Å². The summed E-state index contributed by atoms with van der Waals surface area (Å²) < 4.78 is 0. The SMILES string of the molecule is Cc1n[nH]c(C)c1CCC(=O)NCCc1ccc(Cl)cc1. The van der Waals surface area contributed by atoms with Gasteiger partial charge in [0.15, 0.2) is 0 Å². The molecular weight excluding hydrogens is 286 g/mol. The van der Waals surface area contributed by atoms with Gasteiger partial charge in [0.05, 0.1) is 5.69 Å². The van der Waals surface area contributed by atoms with Gasteiger partial charge in [-0.2, -0.15) is 5.10 Å². The molecule has 0 aliphatic carbocycles. The van der Waals surface area contributed by atoms with E-state index in [9.17, 15) is 4.79 Å². The zero-order chi connectivity index (χ0) is 15.2. The van der Waals surface area contributed by atoms with E-state index in [0.29, 0.717) is 13.0 Å². The predicted molar refractivity (Wildman–Crippen MR) is 84.5 cm³/mol. The number of nitrogens with one attached hydrogen (secondary N) is 2. The molecule has 0 unspecified atom stereocenters. The van der Waals surface area contributed by atoms with Gasteiger partial charge in [0.1, 0.15) is 0 Å². The maximum absolute atomic E-state index is 11.8. The van der Waals surface area contributed by atoms with Crippen molar-refractivity contribution in [2.24, 2.45) is 0 Å². The van der Waals surface area contributed by atoms with Crippen molar-refractivity contribution < 1.29 is 4.79 Å². The van der Waals surface area contributed by atoms with E-state index in [1.165, 1.54) is 5.56 Å². The van der Waals surface area contributed by atoms with Gasteiger partial charge in [0, 0.05) is 23.7 Å². The minimum absolute atomic E-state index is 0.0731. The van der Waals surface area contributed by atoms with Crippen molar-refractivity contribution in [3.8, 4) is 0 Å². The first kappa shape index (κ1) is 15.6. The summed E-state index contributed by atoms with van der Waals surface area (Å²) in [5.74, 6) is 0.0731. The normalized spacial score (nSPS) is 10.6. The number of rotatable bonds is 6. The summed E-state index contributed by atoms with van der Waals surface area (Å²) in [7, 11) is 0. The molecule has 2 N–H and O–H groups in total. The van der Waals surface area contributed by atoms with E-state index in [-0.39, 0.29) is 5.91 Å². The van der Waals surface area contributed by atoms with Crippen molar-refractivity contribution in [1.82, 2.24) is 15.5 Å². The van der Waals surface area contributed by atoms with Gasteiger partial charge < -0.3 is 5.32 Å². The van der Waals surface area contributed by atoms with E-state index in [1.807, 2.05) is 38.1 Å². The Morgan fingerprint density at radius 2 is 1.95 bits per heavy atom. The first-order valence-electron chi connectivity index (χ1n) is 7.08. The van der Waals surface area contributed by atoms with Crippen LogP contribution in [0.3, 0.4) is 0 Å². The molecule has 0 fully saturated rings. The molecule has 0 radical (unpaired) electrons. The molecule has 112 valence electrons. The topological polar surface area (TPSA) is 57.8 Å². The van der Waals surface area contributed by atoms with Crippen LogP contribution in [0.1, 0.15) is 28.9 Å². The van der Waals surface area contributed by atoms with Crippen LogP contribution < -0.4 is 5.32 Å². The highest BCUT2D eigenvalue weighted by Gasteiger charge is 2.08. The molecule has 0 saturated carbocycles. The first-order chi connectivity index (χ1) is 10.1. The number of carbonyl (C=O) groups excluding carboxylic acids is 1. The van der Waals surface area contributed by atoms with Gasteiger partial charge in [-0.15, -0.1) is 0 Å². The Kier molecular flexibility index (Phi) is 5.39. The third-order valence-corrected chi connectivity index (χ3v) is 3.78. The van der Waals surface area contributed by atoms with Crippen LogP contribution in [0.4, 0.5) is 0 Å². The smallest absolute Gasteiger partial charge is 0.220 e. The maximum atomic E-state index is 11.8. The fraction of sp³-hybridized carbons (Fsp3) is 0.375. The van der Waals surface area contributed by atoms with Gasteiger partial charge in [0.2, 0.25) is 5.91 Å². The summed E-state index contributed by atoms with van der Waals surface area (Å²) in [6.45, 7) is 4.58. The molecule has 0 bridgehead atoms. The Morgan fingerprint density at radius 3 is 2.57 bits per heavy atom. The number of nitrogens with zero attached hydrogens (tertiary/aromatic N) is 1. The lowest BCUT2D eigenvalue weighted by Crippen LogP contribution is -2.25. The summed E-state index contributed by atoms with van der Waals surface area (Å²) in [5.41, 5.74) is 4.33. The van der Waals surface area contributed by atoms with E-state index in [2.05, 4.69) is 15.5 Å². The van der Waals surface area contributed by atoms with Crippen LogP contribution in [-0.4, -0.2) is 22.6 Å². The van der Waals surface area contributed by atoms with Gasteiger partial charge in [0.25, 0.3) is 0 Å². The second kappa shape index (κ2) is 7.27. The van der Waals surface area contributed by atoms with E-state index >= 15 is 0 Å². The monoisotopic (exact) mass is 305 g/mol. The molecule has 21 heavy (non-hydrogen) atoms. The standard InChI is InChI=1S/C16H20ClN3O/c1-11-15(12(2)20-19-11)7-8-16(21)18-10-9-13-3-5-14(17)6-4-13/h3-6H,7-10H2,1-2H3,(H,18,21)(H,19,20). The Morgan fingerprint density at radius 1 is 1.24 bits per heavy atom. The van der Waals surface area contributed by atoms with E-state index in [4.69, 9.17) is 11.6 Å². The second-order valence-corrected chi connectivity index (χ2v) is 5.58.